The Morgan fingerprint density at radius 2 is 0.704 bits per heavy atom. The van der Waals surface area contributed by atoms with Crippen molar-refractivity contribution < 1.29 is 24.5 Å². The van der Waals surface area contributed by atoms with Crippen LogP contribution in [0.1, 0.15) is 341 Å². The largest absolute Gasteiger partial charge is 0.465 e. The van der Waals surface area contributed by atoms with Crippen molar-refractivity contribution in [1.29, 1.82) is 0 Å². The maximum absolute atomic E-state index is 12.5. The zero-order chi connectivity index (χ0) is 51.4. The van der Waals surface area contributed by atoms with Gasteiger partial charge in [-0.3, -0.25) is 9.59 Å². The van der Waals surface area contributed by atoms with Crippen molar-refractivity contribution in [3.63, 3.8) is 0 Å². The van der Waals surface area contributed by atoms with Crippen LogP contribution in [0.15, 0.2) is 36.5 Å². The molecule has 0 aliphatic carbocycles. The average molecular weight is 999 g/mol. The molecule has 0 saturated heterocycles. The quantitative estimate of drug-likeness (QED) is 0.0321. The smallest absolute Gasteiger partial charge is 0.305 e. The Hall–Kier alpha value is -1.92. The van der Waals surface area contributed by atoms with Crippen LogP contribution in [0.5, 0.6) is 0 Å². The summed E-state index contributed by atoms with van der Waals surface area (Å²) >= 11 is 0. The minimum Gasteiger partial charge on any atom is -0.465 e. The van der Waals surface area contributed by atoms with Crippen LogP contribution in [-0.2, 0) is 14.3 Å². The van der Waals surface area contributed by atoms with E-state index in [4.69, 9.17) is 4.74 Å². The molecule has 0 fully saturated rings. The third-order valence-corrected chi connectivity index (χ3v) is 14.7. The Morgan fingerprint density at radius 3 is 1.08 bits per heavy atom. The highest BCUT2D eigenvalue weighted by Gasteiger charge is 2.20. The third-order valence-electron chi connectivity index (χ3n) is 14.7. The van der Waals surface area contributed by atoms with Crippen molar-refractivity contribution in [2.45, 2.75) is 353 Å². The van der Waals surface area contributed by atoms with Crippen molar-refractivity contribution in [3.8, 4) is 0 Å². The molecule has 6 heteroatoms. The van der Waals surface area contributed by atoms with Crippen LogP contribution in [0.2, 0.25) is 0 Å². The van der Waals surface area contributed by atoms with Crippen LogP contribution in [0.3, 0.4) is 0 Å². The predicted octanol–water partition coefficient (Wildman–Crippen LogP) is 20.0. The normalized spacial score (nSPS) is 12.8. The molecular formula is C65H123NO5. The van der Waals surface area contributed by atoms with E-state index in [-0.39, 0.29) is 18.5 Å². The molecule has 71 heavy (non-hydrogen) atoms. The molecule has 6 nitrogen and oxygen atoms in total. The Kier molecular flexibility index (Phi) is 59.0. The number of allylic oxidation sites excluding steroid dienone is 5. The van der Waals surface area contributed by atoms with Gasteiger partial charge in [0.05, 0.1) is 25.4 Å². The van der Waals surface area contributed by atoms with Gasteiger partial charge in [-0.25, -0.2) is 0 Å². The number of carbonyl (C=O) groups excluding carboxylic acids is 2. The van der Waals surface area contributed by atoms with E-state index < -0.39 is 12.1 Å². The van der Waals surface area contributed by atoms with Crippen molar-refractivity contribution in [1.82, 2.24) is 5.32 Å². The van der Waals surface area contributed by atoms with E-state index >= 15 is 0 Å². The zero-order valence-corrected chi connectivity index (χ0v) is 47.7. The molecule has 0 aromatic heterocycles. The maximum atomic E-state index is 12.5. The summed E-state index contributed by atoms with van der Waals surface area (Å²) < 4.78 is 5.41. The van der Waals surface area contributed by atoms with E-state index in [0.29, 0.717) is 25.9 Å². The van der Waals surface area contributed by atoms with Crippen molar-refractivity contribution >= 4 is 11.9 Å². The number of carbonyl (C=O) groups is 2. The minimum atomic E-state index is -0.669. The third kappa shape index (κ3) is 57.2. The Labute approximate surface area is 443 Å². The SMILES string of the molecule is CCCCCCC/C=C\CCCCCCCC(=O)OCC/C=C\C/C=C\CCCCCCCCCCCCCCCCC(=O)NC(CO)C(O)CCCCCCCCCCCCCCCCCCCCC. The van der Waals surface area contributed by atoms with Gasteiger partial charge in [-0.2, -0.15) is 0 Å². The molecule has 418 valence electrons. The number of hydrogen-bond acceptors (Lipinski definition) is 5. The van der Waals surface area contributed by atoms with Crippen molar-refractivity contribution in [2.24, 2.45) is 0 Å². The van der Waals surface area contributed by atoms with Crippen LogP contribution in [-0.4, -0.2) is 47.4 Å². The maximum Gasteiger partial charge on any atom is 0.305 e. The van der Waals surface area contributed by atoms with Gasteiger partial charge < -0.3 is 20.3 Å². The topological polar surface area (TPSA) is 95.9 Å². The number of aliphatic hydroxyl groups excluding tert-OH is 2. The summed E-state index contributed by atoms with van der Waals surface area (Å²) in [5.41, 5.74) is 0. The minimum absolute atomic E-state index is 0.0372. The lowest BCUT2D eigenvalue weighted by Gasteiger charge is -2.22. The number of amides is 1. The molecule has 0 bridgehead atoms. The second-order valence-corrected chi connectivity index (χ2v) is 21.7. The molecule has 3 N–H and O–H groups in total. The highest BCUT2D eigenvalue weighted by Crippen LogP contribution is 2.18. The highest BCUT2D eigenvalue weighted by atomic mass is 16.5. The summed E-state index contributed by atoms with van der Waals surface area (Å²) in [6.45, 7) is 4.85. The molecule has 0 heterocycles. The molecule has 0 saturated carbocycles. The first-order valence-corrected chi connectivity index (χ1v) is 31.7. The standard InChI is InChI=1S/C65H123NO5/c1-3-5-7-9-11-13-15-17-19-20-24-27-30-33-37-41-45-49-53-57-63(68)62(61-67)66-64(69)58-54-50-46-42-38-34-31-28-25-22-21-23-26-29-32-36-40-44-48-52-56-60-71-65(70)59-55-51-47-43-39-35-18-16-14-12-10-8-6-4-2/h16,18,36,40,48,52,62-63,67-68H,3-15,17,19-35,37-39,41-47,49-51,53-61H2,1-2H3,(H,66,69)/b18-16-,40-36-,52-48-. The van der Waals surface area contributed by atoms with Gasteiger partial charge in [0.2, 0.25) is 5.91 Å². The number of ether oxygens (including phenoxy) is 1. The first-order valence-electron chi connectivity index (χ1n) is 31.7. The summed E-state index contributed by atoms with van der Waals surface area (Å²) in [6, 6.07) is -0.546. The van der Waals surface area contributed by atoms with E-state index in [1.807, 2.05) is 0 Å². The van der Waals surface area contributed by atoms with E-state index in [2.05, 4.69) is 55.6 Å². The van der Waals surface area contributed by atoms with E-state index in [9.17, 15) is 19.8 Å². The van der Waals surface area contributed by atoms with Crippen LogP contribution in [0, 0.1) is 0 Å². The van der Waals surface area contributed by atoms with Crippen LogP contribution >= 0.6 is 0 Å². The lowest BCUT2D eigenvalue weighted by Crippen LogP contribution is -2.45. The molecule has 0 aromatic rings. The molecule has 0 spiro atoms. The van der Waals surface area contributed by atoms with E-state index in [1.54, 1.807) is 0 Å². The highest BCUT2D eigenvalue weighted by molar-refractivity contribution is 5.76. The Balaban J connectivity index is 3.46. The second-order valence-electron chi connectivity index (χ2n) is 21.7. The molecule has 0 rings (SSSR count). The van der Waals surface area contributed by atoms with Gasteiger partial charge in [0.25, 0.3) is 0 Å². The first kappa shape index (κ1) is 69.1. The molecule has 0 aromatic carbocycles. The molecule has 0 aliphatic heterocycles. The average Bonchev–Trinajstić information content (AvgIpc) is 3.37. The van der Waals surface area contributed by atoms with Gasteiger partial charge in [0.15, 0.2) is 0 Å². The van der Waals surface area contributed by atoms with Crippen LogP contribution < -0.4 is 5.32 Å². The van der Waals surface area contributed by atoms with E-state index in [1.165, 1.54) is 257 Å². The van der Waals surface area contributed by atoms with E-state index in [0.717, 1.165) is 51.4 Å². The zero-order valence-electron chi connectivity index (χ0n) is 47.7. The number of unbranched alkanes of at least 4 members (excludes halogenated alkanes) is 42. The summed E-state index contributed by atoms with van der Waals surface area (Å²) in [4.78, 5) is 24.5. The second kappa shape index (κ2) is 60.6. The number of nitrogens with one attached hydrogen (secondary N) is 1. The van der Waals surface area contributed by atoms with Crippen molar-refractivity contribution in [2.75, 3.05) is 13.2 Å². The van der Waals surface area contributed by atoms with Crippen LogP contribution in [0.4, 0.5) is 0 Å². The molecule has 0 radical (unpaired) electrons. The molecular weight excluding hydrogens is 875 g/mol. The molecule has 0 aliphatic rings. The lowest BCUT2D eigenvalue weighted by atomic mass is 10.0. The number of hydrogen-bond donors (Lipinski definition) is 3. The predicted molar refractivity (Wildman–Crippen MR) is 310 cm³/mol. The summed E-state index contributed by atoms with van der Waals surface area (Å²) in [6.07, 6.45) is 76.0. The summed E-state index contributed by atoms with van der Waals surface area (Å²) in [5.74, 6) is -0.0807. The van der Waals surface area contributed by atoms with Gasteiger partial charge in [0, 0.05) is 12.8 Å². The van der Waals surface area contributed by atoms with Gasteiger partial charge in [-0.05, 0) is 70.6 Å². The van der Waals surface area contributed by atoms with Gasteiger partial charge in [-0.1, -0.05) is 294 Å². The summed E-state index contributed by atoms with van der Waals surface area (Å²) in [7, 11) is 0. The number of esters is 1. The molecule has 1 amide bonds. The monoisotopic (exact) mass is 998 g/mol. The van der Waals surface area contributed by atoms with Gasteiger partial charge >= 0.3 is 5.97 Å². The van der Waals surface area contributed by atoms with Crippen LogP contribution in [0.25, 0.3) is 0 Å². The van der Waals surface area contributed by atoms with Crippen molar-refractivity contribution in [3.05, 3.63) is 36.5 Å². The lowest BCUT2D eigenvalue weighted by molar-refractivity contribution is -0.143. The first-order chi connectivity index (χ1) is 35.0. The number of rotatable bonds is 59. The fraction of sp³-hybridized carbons (Fsp3) is 0.877. The molecule has 2 unspecified atom stereocenters. The van der Waals surface area contributed by atoms with Gasteiger partial charge in [0.1, 0.15) is 0 Å². The van der Waals surface area contributed by atoms with Gasteiger partial charge in [-0.15, -0.1) is 0 Å². The fourth-order valence-corrected chi connectivity index (χ4v) is 9.83. The number of aliphatic hydroxyl groups is 2. The summed E-state index contributed by atoms with van der Waals surface area (Å²) in [5, 5.41) is 23.4. The Morgan fingerprint density at radius 1 is 0.394 bits per heavy atom. The Bertz CT molecular complexity index is 1150. The molecule has 2 atom stereocenters. The fourth-order valence-electron chi connectivity index (χ4n) is 9.83.